The molecule has 0 radical (unpaired) electrons. The van der Waals surface area contributed by atoms with Crippen molar-refractivity contribution in [3.05, 3.63) is 23.8 Å². The third kappa shape index (κ3) is 5.78. The summed E-state index contributed by atoms with van der Waals surface area (Å²) in [6.07, 6.45) is 5.93. The van der Waals surface area contributed by atoms with E-state index in [0.29, 0.717) is 37.7 Å². The number of carbonyl (C=O) groups is 2. The Hall–Kier alpha value is -2.48. The van der Waals surface area contributed by atoms with Crippen molar-refractivity contribution in [3.63, 3.8) is 0 Å². The van der Waals surface area contributed by atoms with E-state index in [2.05, 4.69) is 10.2 Å². The van der Waals surface area contributed by atoms with Crippen LogP contribution in [0.4, 0.5) is 4.79 Å². The predicted molar refractivity (Wildman–Crippen MR) is 115 cm³/mol. The lowest BCUT2D eigenvalue weighted by Gasteiger charge is -2.41. The summed E-state index contributed by atoms with van der Waals surface area (Å²) >= 11 is 0. The smallest absolute Gasteiger partial charge is 0.317 e. The molecule has 0 spiro atoms. The maximum absolute atomic E-state index is 12.8. The Morgan fingerprint density at radius 2 is 1.83 bits per heavy atom. The van der Waals surface area contributed by atoms with E-state index in [0.717, 1.165) is 18.4 Å². The van der Waals surface area contributed by atoms with E-state index >= 15 is 0 Å². The van der Waals surface area contributed by atoms with E-state index in [1.54, 1.807) is 14.2 Å². The number of rotatable bonds is 7. The van der Waals surface area contributed by atoms with Gasteiger partial charge in [0.1, 0.15) is 0 Å². The van der Waals surface area contributed by atoms with Crippen LogP contribution in [0.2, 0.25) is 0 Å². The van der Waals surface area contributed by atoms with Gasteiger partial charge in [0.25, 0.3) is 0 Å². The van der Waals surface area contributed by atoms with Crippen LogP contribution in [0.25, 0.3) is 0 Å². The zero-order valence-electron chi connectivity index (χ0n) is 18.1. The van der Waals surface area contributed by atoms with E-state index in [-0.39, 0.29) is 30.4 Å². The highest BCUT2D eigenvalue weighted by atomic mass is 16.5. The number of hydrogen-bond donors (Lipinski definition) is 2. The number of amides is 3. The predicted octanol–water partition coefficient (Wildman–Crippen LogP) is 2.11. The van der Waals surface area contributed by atoms with Gasteiger partial charge in [0.15, 0.2) is 11.5 Å². The average Bonchev–Trinajstić information content (AvgIpc) is 2.75. The first-order chi connectivity index (χ1) is 14.5. The Labute approximate surface area is 178 Å². The van der Waals surface area contributed by atoms with E-state index in [4.69, 9.17) is 15.2 Å². The molecule has 3 rings (SSSR count). The van der Waals surface area contributed by atoms with E-state index in [9.17, 15) is 9.59 Å². The molecule has 1 aromatic carbocycles. The number of urea groups is 1. The molecular weight excluding hydrogens is 384 g/mol. The van der Waals surface area contributed by atoms with Crippen molar-refractivity contribution in [1.29, 1.82) is 0 Å². The van der Waals surface area contributed by atoms with Crippen LogP contribution in [0.1, 0.15) is 44.1 Å². The first-order valence-electron chi connectivity index (χ1n) is 10.8. The van der Waals surface area contributed by atoms with Gasteiger partial charge < -0.3 is 25.4 Å². The standard InChI is InChI=1S/C22H34N4O4/c1-29-19-9-8-16(12-20(19)30-2)14-25-10-11-26(15-18(25)13-21(23)27)22(28)24-17-6-4-3-5-7-17/h8-9,12,17-18H,3-7,10-11,13-15H2,1-2H3,(H2,23,27)(H,24,28). The Bertz CT molecular complexity index is 736. The number of nitrogens with zero attached hydrogens (tertiary/aromatic N) is 2. The molecule has 1 atom stereocenters. The van der Waals surface area contributed by atoms with Crippen molar-refractivity contribution in [3.8, 4) is 11.5 Å². The molecule has 0 bridgehead atoms. The van der Waals surface area contributed by atoms with E-state index in [1.807, 2.05) is 23.1 Å². The number of hydrogen-bond acceptors (Lipinski definition) is 5. The monoisotopic (exact) mass is 418 g/mol. The Morgan fingerprint density at radius 1 is 1.10 bits per heavy atom. The molecular formula is C22H34N4O4. The van der Waals surface area contributed by atoms with Crippen molar-refractivity contribution in [2.75, 3.05) is 33.9 Å². The lowest BCUT2D eigenvalue weighted by atomic mass is 9.96. The normalized spacial score (nSPS) is 20.6. The fraction of sp³-hybridized carbons (Fsp3) is 0.636. The summed E-state index contributed by atoms with van der Waals surface area (Å²) in [5, 5.41) is 3.18. The Kier molecular flexibility index (Phi) is 7.79. The Balaban J connectivity index is 1.64. The molecule has 3 amide bonds. The number of primary amides is 1. The molecule has 1 aromatic rings. The molecule has 30 heavy (non-hydrogen) atoms. The van der Waals surface area contributed by atoms with Crippen molar-refractivity contribution < 1.29 is 19.1 Å². The highest BCUT2D eigenvalue weighted by molar-refractivity contribution is 5.76. The maximum Gasteiger partial charge on any atom is 0.317 e. The minimum absolute atomic E-state index is 0.0258. The maximum atomic E-state index is 12.8. The molecule has 8 nitrogen and oxygen atoms in total. The summed E-state index contributed by atoms with van der Waals surface area (Å²) in [7, 11) is 3.22. The molecule has 166 valence electrons. The summed E-state index contributed by atoms with van der Waals surface area (Å²) in [5.74, 6) is 0.998. The van der Waals surface area contributed by atoms with Crippen LogP contribution < -0.4 is 20.5 Å². The molecule has 1 heterocycles. The molecule has 1 aliphatic carbocycles. The quantitative estimate of drug-likeness (QED) is 0.707. The highest BCUT2D eigenvalue weighted by Gasteiger charge is 2.31. The molecule has 1 unspecified atom stereocenters. The van der Waals surface area contributed by atoms with Crippen molar-refractivity contribution in [2.45, 2.75) is 57.2 Å². The van der Waals surface area contributed by atoms with E-state index < -0.39 is 0 Å². The number of nitrogens with one attached hydrogen (secondary N) is 1. The largest absolute Gasteiger partial charge is 0.493 e. The van der Waals surface area contributed by atoms with Crippen LogP contribution in [-0.2, 0) is 11.3 Å². The zero-order chi connectivity index (χ0) is 21.5. The molecule has 1 aliphatic heterocycles. The van der Waals surface area contributed by atoms with Gasteiger partial charge >= 0.3 is 6.03 Å². The van der Waals surface area contributed by atoms with Gasteiger partial charge in [-0.05, 0) is 30.5 Å². The first-order valence-corrected chi connectivity index (χ1v) is 10.8. The van der Waals surface area contributed by atoms with Crippen LogP contribution in [0, 0.1) is 0 Å². The summed E-state index contributed by atoms with van der Waals surface area (Å²) in [5.41, 5.74) is 6.57. The van der Waals surface area contributed by atoms with Crippen molar-refractivity contribution in [1.82, 2.24) is 15.1 Å². The number of piperazine rings is 1. The third-order valence-corrected chi connectivity index (χ3v) is 6.10. The molecule has 0 aromatic heterocycles. The fourth-order valence-electron chi connectivity index (χ4n) is 4.44. The topological polar surface area (TPSA) is 97.1 Å². The van der Waals surface area contributed by atoms with Gasteiger partial charge in [0.2, 0.25) is 5.91 Å². The lowest BCUT2D eigenvalue weighted by Crippen LogP contribution is -2.58. The van der Waals surface area contributed by atoms with Crippen molar-refractivity contribution in [2.24, 2.45) is 5.73 Å². The first kappa shape index (κ1) is 22.2. The van der Waals surface area contributed by atoms with Crippen molar-refractivity contribution >= 4 is 11.9 Å². The van der Waals surface area contributed by atoms with Crippen LogP contribution in [0.15, 0.2) is 18.2 Å². The average molecular weight is 419 g/mol. The molecule has 3 N–H and O–H groups in total. The number of benzene rings is 1. The van der Waals surface area contributed by atoms with Crippen LogP contribution in [-0.4, -0.2) is 67.7 Å². The van der Waals surface area contributed by atoms with Gasteiger partial charge in [-0.2, -0.15) is 0 Å². The SMILES string of the molecule is COc1ccc(CN2CCN(C(=O)NC3CCCCC3)CC2CC(N)=O)cc1OC. The second kappa shape index (κ2) is 10.5. The van der Waals surface area contributed by atoms with Gasteiger partial charge in [0.05, 0.1) is 14.2 Å². The van der Waals surface area contributed by atoms with Gasteiger partial charge in [-0.3, -0.25) is 9.69 Å². The minimum atomic E-state index is -0.355. The van der Waals surface area contributed by atoms with Gasteiger partial charge in [-0.15, -0.1) is 0 Å². The van der Waals surface area contributed by atoms with Crippen LogP contribution >= 0.6 is 0 Å². The van der Waals surface area contributed by atoms with Crippen LogP contribution in [0.5, 0.6) is 11.5 Å². The fourth-order valence-corrected chi connectivity index (χ4v) is 4.44. The summed E-state index contributed by atoms with van der Waals surface area (Å²) < 4.78 is 10.7. The second-order valence-electron chi connectivity index (χ2n) is 8.21. The Morgan fingerprint density at radius 3 is 2.50 bits per heavy atom. The number of ether oxygens (including phenoxy) is 2. The lowest BCUT2D eigenvalue weighted by molar-refractivity contribution is -0.119. The molecule has 1 saturated carbocycles. The van der Waals surface area contributed by atoms with E-state index in [1.165, 1.54) is 19.3 Å². The molecule has 2 aliphatic rings. The van der Waals surface area contributed by atoms with Crippen LogP contribution in [0.3, 0.4) is 0 Å². The number of carbonyl (C=O) groups excluding carboxylic acids is 2. The minimum Gasteiger partial charge on any atom is -0.493 e. The van der Waals surface area contributed by atoms with Gasteiger partial charge in [-0.25, -0.2) is 4.79 Å². The highest BCUT2D eigenvalue weighted by Crippen LogP contribution is 2.29. The zero-order valence-corrected chi connectivity index (χ0v) is 18.1. The third-order valence-electron chi connectivity index (χ3n) is 6.10. The summed E-state index contributed by atoms with van der Waals surface area (Å²) in [4.78, 5) is 28.5. The second-order valence-corrected chi connectivity index (χ2v) is 8.21. The number of methoxy groups -OCH3 is 2. The summed E-state index contributed by atoms with van der Waals surface area (Å²) in [6.45, 7) is 2.46. The number of nitrogens with two attached hydrogens (primary N) is 1. The summed E-state index contributed by atoms with van der Waals surface area (Å²) in [6, 6.07) is 5.95. The molecule has 1 saturated heterocycles. The molecule has 2 fully saturated rings. The van der Waals surface area contributed by atoms with Gasteiger partial charge in [-0.1, -0.05) is 25.3 Å². The van der Waals surface area contributed by atoms with Gasteiger partial charge in [0, 0.05) is 44.7 Å². The molecule has 8 heteroatoms.